The number of nitrogens with zero attached hydrogens (tertiary/aromatic N) is 1. The van der Waals surface area contributed by atoms with E-state index >= 15 is 0 Å². The standard InChI is InChI=1S/C7H7F3IN3O2/c1-14-5(15)3(4(12)13-6(14)16)11-2-7(8,9)10/h2H2,1H3,(H2-,12,13,15,16)/p+1. The van der Waals surface area contributed by atoms with Gasteiger partial charge in [-0.25, -0.2) is 4.79 Å². The predicted octanol–water partition coefficient (Wildman–Crippen LogP) is -3.52. The fraction of sp³-hybridized carbons (Fsp3) is 0.429. The minimum Gasteiger partial charge on any atom is -0.381 e. The molecule has 0 aliphatic rings. The molecule has 90 valence electrons. The Balaban J connectivity index is 3.11. The monoisotopic (exact) mass is 350 g/mol. The molecule has 16 heavy (non-hydrogen) atoms. The van der Waals surface area contributed by atoms with E-state index in [4.69, 9.17) is 5.73 Å². The largest absolute Gasteiger partial charge is 0.432 e. The molecular formula is C7H8F3IN3O2+. The number of H-pyrrole nitrogens is 1. The first-order valence-electron chi connectivity index (χ1n) is 3.97. The zero-order chi connectivity index (χ0) is 12.5. The van der Waals surface area contributed by atoms with E-state index in [0.717, 1.165) is 0 Å². The van der Waals surface area contributed by atoms with Gasteiger partial charge in [0.1, 0.15) is 0 Å². The van der Waals surface area contributed by atoms with Crippen LogP contribution in [0.2, 0.25) is 0 Å². The number of anilines is 1. The Morgan fingerprint density at radius 3 is 2.50 bits per heavy atom. The van der Waals surface area contributed by atoms with Crippen LogP contribution in [0.15, 0.2) is 9.59 Å². The molecule has 0 aliphatic carbocycles. The van der Waals surface area contributed by atoms with E-state index in [0.29, 0.717) is 4.57 Å². The highest BCUT2D eigenvalue weighted by atomic mass is 127. The molecule has 0 aliphatic heterocycles. The second-order valence-electron chi connectivity index (χ2n) is 2.90. The molecule has 1 rings (SSSR count). The fourth-order valence-corrected chi connectivity index (χ4v) is 2.93. The zero-order valence-corrected chi connectivity index (χ0v) is 10.2. The Morgan fingerprint density at radius 2 is 2.00 bits per heavy atom. The third-order valence-corrected chi connectivity index (χ3v) is 4.68. The average molecular weight is 350 g/mol. The molecule has 0 saturated heterocycles. The lowest BCUT2D eigenvalue weighted by Gasteiger charge is -1.99. The van der Waals surface area contributed by atoms with Crippen molar-refractivity contribution < 1.29 is 34.4 Å². The van der Waals surface area contributed by atoms with Crippen molar-refractivity contribution in [2.75, 3.05) is 10.2 Å². The lowest BCUT2D eigenvalue weighted by Crippen LogP contribution is -3.64. The topological polar surface area (TPSA) is 80.9 Å². The highest BCUT2D eigenvalue weighted by molar-refractivity contribution is 5.22. The van der Waals surface area contributed by atoms with Crippen LogP contribution in [0.4, 0.5) is 19.0 Å². The number of aromatic nitrogens is 2. The number of nitrogens with one attached hydrogen (secondary N) is 1. The molecule has 0 spiro atoms. The number of alkyl halides is 4. The molecule has 1 heterocycles. The number of aromatic amines is 1. The van der Waals surface area contributed by atoms with Crippen LogP contribution in [0.1, 0.15) is 0 Å². The van der Waals surface area contributed by atoms with E-state index in [9.17, 15) is 22.8 Å². The van der Waals surface area contributed by atoms with Crippen LogP contribution >= 0.6 is 0 Å². The van der Waals surface area contributed by atoms with Crippen molar-refractivity contribution >= 4 is 5.82 Å². The molecule has 0 aromatic carbocycles. The lowest BCUT2D eigenvalue weighted by atomic mass is 10.6. The molecule has 1 aromatic heterocycles. The third-order valence-electron chi connectivity index (χ3n) is 1.63. The SMILES string of the molecule is Cn1c(=O)[nH]c(N)c([I+]CC(F)(F)F)c1=O. The van der Waals surface area contributed by atoms with E-state index in [1.165, 1.54) is 7.05 Å². The molecule has 0 fully saturated rings. The molecular weight excluding hydrogens is 342 g/mol. The third kappa shape index (κ3) is 3.00. The molecule has 0 bridgehead atoms. The minimum absolute atomic E-state index is 0.113. The van der Waals surface area contributed by atoms with Crippen LogP contribution in [0, 0.1) is 3.57 Å². The van der Waals surface area contributed by atoms with Gasteiger partial charge >= 0.3 is 38.6 Å². The Kier molecular flexibility index (Phi) is 3.65. The molecule has 0 unspecified atom stereocenters. The number of nitrogens with two attached hydrogens (primary N) is 1. The van der Waals surface area contributed by atoms with Gasteiger partial charge in [-0.3, -0.25) is 14.3 Å². The van der Waals surface area contributed by atoms with E-state index < -0.39 is 43.1 Å². The molecule has 9 heteroatoms. The number of hydrogen-bond donors (Lipinski definition) is 2. The fourth-order valence-electron chi connectivity index (χ4n) is 0.880. The molecule has 0 amide bonds. The lowest BCUT2D eigenvalue weighted by molar-refractivity contribution is -0.650. The van der Waals surface area contributed by atoms with Gasteiger partial charge in [0.15, 0.2) is 5.82 Å². The van der Waals surface area contributed by atoms with Crippen molar-refractivity contribution in [3.05, 3.63) is 24.4 Å². The van der Waals surface area contributed by atoms with Crippen LogP contribution in [-0.4, -0.2) is 20.2 Å². The number of halogens is 4. The molecule has 0 atom stereocenters. The first-order chi connectivity index (χ1) is 7.22. The van der Waals surface area contributed by atoms with Gasteiger partial charge in [-0.15, -0.1) is 0 Å². The normalized spacial score (nSPS) is 11.8. The summed E-state index contributed by atoms with van der Waals surface area (Å²) in [6.07, 6.45) is -4.32. The summed E-state index contributed by atoms with van der Waals surface area (Å²) in [5.41, 5.74) is 3.83. The van der Waals surface area contributed by atoms with Crippen molar-refractivity contribution in [3.63, 3.8) is 0 Å². The van der Waals surface area contributed by atoms with Gasteiger partial charge < -0.3 is 5.73 Å². The van der Waals surface area contributed by atoms with Gasteiger partial charge in [-0.05, 0) is 0 Å². The maximum absolute atomic E-state index is 12.0. The first kappa shape index (κ1) is 13.1. The maximum atomic E-state index is 12.0. The summed E-state index contributed by atoms with van der Waals surface area (Å²) < 4.78 is 35.5. The van der Waals surface area contributed by atoms with Crippen LogP contribution in [0.5, 0.6) is 0 Å². The Bertz CT molecular complexity index is 505. The summed E-state index contributed by atoms with van der Waals surface area (Å²) in [6.45, 7) is 0. The van der Waals surface area contributed by atoms with Gasteiger partial charge in [0.05, 0.1) is 0 Å². The van der Waals surface area contributed by atoms with Gasteiger partial charge in [-0.1, -0.05) is 0 Å². The minimum atomic E-state index is -4.32. The Labute approximate surface area is 97.7 Å². The summed E-state index contributed by atoms with van der Waals surface area (Å²) in [6, 6.07) is 0. The van der Waals surface area contributed by atoms with Crippen LogP contribution in [0.25, 0.3) is 0 Å². The maximum Gasteiger partial charge on any atom is 0.432 e. The van der Waals surface area contributed by atoms with E-state index in [2.05, 4.69) is 4.98 Å². The highest BCUT2D eigenvalue weighted by Gasteiger charge is 2.39. The average Bonchev–Trinajstić information content (AvgIpc) is 2.12. The quantitative estimate of drug-likeness (QED) is 0.429. The zero-order valence-electron chi connectivity index (χ0n) is 8.06. The summed E-state index contributed by atoms with van der Waals surface area (Å²) in [4.78, 5) is 24.6. The van der Waals surface area contributed by atoms with Crippen LogP contribution in [-0.2, 0) is 7.05 Å². The van der Waals surface area contributed by atoms with Gasteiger partial charge in [0.25, 0.3) is 3.57 Å². The van der Waals surface area contributed by atoms with Crippen molar-refractivity contribution in [2.24, 2.45) is 7.05 Å². The summed E-state index contributed by atoms with van der Waals surface area (Å²) in [7, 11) is 1.18. The van der Waals surface area contributed by atoms with Gasteiger partial charge in [0, 0.05) is 7.05 Å². The van der Waals surface area contributed by atoms with Crippen LogP contribution < -0.4 is 38.2 Å². The van der Waals surface area contributed by atoms with Crippen molar-refractivity contribution in [1.29, 1.82) is 0 Å². The van der Waals surface area contributed by atoms with Crippen molar-refractivity contribution in [2.45, 2.75) is 6.18 Å². The Hall–Kier alpha value is -1.00. The summed E-state index contributed by atoms with van der Waals surface area (Å²) in [5, 5.41) is 0. The van der Waals surface area contributed by atoms with Crippen molar-refractivity contribution in [3.8, 4) is 0 Å². The van der Waals surface area contributed by atoms with Gasteiger partial charge in [0.2, 0.25) is 4.43 Å². The molecule has 0 radical (unpaired) electrons. The highest BCUT2D eigenvalue weighted by Crippen LogP contribution is 2.09. The summed E-state index contributed by atoms with van der Waals surface area (Å²) >= 11 is -1.59. The van der Waals surface area contributed by atoms with E-state index in [1.807, 2.05) is 0 Å². The Morgan fingerprint density at radius 1 is 1.44 bits per heavy atom. The number of hydrogen-bond acceptors (Lipinski definition) is 3. The predicted molar refractivity (Wildman–Crippen MR) is 46.3 cm³/mol. The summed E-state index contributed by atoms with van der Waals surface area (Å²) in [5.74, 6) is -0.259. The van der Waals surface area contributed by atoms with E-state index in [1.54, 1.807) is 0 Å². The van der Waals surface area contributed by atoms with Crippen LogP contribution in [0.3, 0.4) is 0 Å². The second kappa shape index (κ2) is 4.47. The second-order valence-corrected chi connectivity index (χ2v) is 5.51. The molecule has 5 nitrogen and oxygen atoms in total. The molecule has 0 saturated carbocycles. The molecule has 3 N–H and O–H groups in total. The van der Waals surface area contributed by atoms with Gasteiger partial charge in [-0.2, -0.15) is 13.2 Å². The smallest absolute Gasteiger partial charge is 0.381 e. The number of nitrogen functional groups attached to an aromatic ring is 1. The van der Waals surface area contributed by atoms with E-state index in [-0.39, 0.29) is 9.39 Å². The molecule has 1 aromatic rings. The first-order valence-corrected chi connectivity index (χ1v) is 6.57. The number of rotatable bonds is 2. The van der Waals surface area contributed by atoms with Crippen molar-refractivity contribution in [1.82, 2.24) is 9.55 Å².